The number of aliphatic hydroxyl groups excluding tert-OH is 2. The first-order valence-corrected chi connectivity index (χ1v) is 9.34. The Morgan fingerprint density at radius 2 is 1.97 bits per heavy atom. The fraction of sp³-hybridized carbons (Fsp3) is 0.143. The van der Waals surface area contributed by atoms with Gasteiger partial charge in [0, 0.05) is 5.56 Å². The number of benzene rings is 1. The maximum atomic E-state index is 13.0. The van der Waals surface area contributed by atoms with Crippen LogP contribution in [0.2, 0.25) is 0 Å². The quantitative estimate of drug-likeness (QED) is 0.415. The zero-order chi connectivity index (χ0) is 21.8. The van der Waals surface area contributed by atoms with E-state index in [4.69, 9.17) is 9.84 Å². The fourth-order valence-corrected chi connectivity index (χ4v) is 2.84. The van der Waals surface area contributed by atoms with Crippen LogP contribution in [0.1, 0.15) is 10.5 Å². The van der Waals surface area contributed by atoms with Crippen LogP contribution in [-0.2, 0) is 0 Å². The van der Waals surface area contributed by atoms with E-state index in [2.05, 4.69) is 20.4 Å². The Kier molecular flexibility index (Phi) is 5.83. The summed E-state index contributed by atoms with van der Waals surface area (Å²) in [5.41, 5.74) is 1.76. The fourth-order valence-electron chi connectivity index (χ4n) is 2.84. The predicted molar refractivity (Wildman–Crippen MR) is 109 cm³/mol. The zero-order valence-electron chi connectivity index (χ0n) is 16.1. The molecule has 10 heteroatoms. The van der Waals surface area contributed by atoms with Crippen molar-refractivity contribution in [2.45, 2.75) is 6.10 Å². The number of nitrogens with one attached hydrogen (secondary N) is 1. The van der Waals surface area contributed by atoms with Crippen LogP contribution in [0, 0.1) is 5.82 Å². The number of pyridine rings is 1. The largest absolute Gasteiger partial charge is 0.490 e. The highest BCUT2D eigenvalue weighted by molar-refractivity contribution is 6.02. The van der Waals surface area contributed by atoms with Gasteiger partial charge < -0.3 is 20.3 Å². The Hall–Kier alpha value is -3.89. The van der Waals surface area contributed by atoms with E-state index in [1.165, 1.54) is 22.8 Å². The standard InChI is InChI=1S/C21H18FN5O4/c22-13-5-7-19(23-9-13)25-21(30)17-10-24-20-8-6-16(26-27(17)20)15-3-1-2-4-18(15)31-12-14(29)11-28/h1-10,14,28-29H,11-12H2,(H,23,25,30). The number of nitrogens with zero attached hydrogens (tertiary/aromatic N) is 4. The summed E-state index contributed by atoms with van der Waals surface area (Å²) in [6.45, 7) is -0.498. The molecule has 0 radical (unpaired) electrons. The van der Waals surface area contributed by atoms with Gasteiger partial charge in [-0.05, 0) is 36.4 Å². The molecule has 9 nitrogen and oxygen atoms in total. The Morgan fingerprint density at radius 1 is 1.13 bits per heavy atom. The van der Waals surface area contributed by atoms with Crippen LogP contribution >= 0.6 is 0 Å². The van der Waals surface area contributed by atoms with E-state index in [-0.39, 0.29) is 18.1 Å². The van der Waals surface area contributed by atoms with Gasteiger partial charge in [-0.15, -0.1) is 0 Å². The number of rotatable bonds is 7. The summed E-state index contributed by atoms with van der Waals surface area (Å²) < 4.78 is 20.0. The van der Waals surface area contributed by atoms with Gasteiger partial charge in [0.25, 0.3) is 5.91 Å². The lowest BCUT2D eigenvalue weighted by Crippen LogP contribution is -2.21. The average molecular weight is 423 g/mol. The molecule has 0 saturated heterocycles. The van der Waals surface area contributed by atoms with Crippen LogP contribution in [0.15, 0.2) is 60.9 Å². The maximum Gasteiger partial charge on any atom is 0.277 e. The van der Waals surface area contributed by atoms with Crippen molar-refractivity contribution in [3.63, 3.8) is 0 Å². The Balaban J connectivity index is 1.64. The van der Waals surface area contributed by atoms with Crippen molar-refractivity contribution in [1.29, 1.82) is 0 Å². The molecule has 158 valence electrons. The normalized spacial score (nSPS) is 12.0. The van der Waals surface area contributed by atoms with Gasteiger partial charge in [0.05, 0.1) is 24.7 Å². The molecule has 4 aromatic rings. The molecular weight excluding hydrogens is 405 g/mol. The smallest absolute Gasteiger partial charge is 0.277 e. The van der Waals surface area contributed by atoms with Crippen LogP contribution in [0.5, 0.6) is 5.75 Å². The molecule has 1 atom stereocenters. The predicted octanol–water partition coefficient (Wildman–Crippen LogP) is 1.91. The summed E-state index contributed by atoms with van der Waals surface area (Å²) in [5, 5.41) is 25.6. The number of carbonyl (C=O) groups excluding carboxylic acids is 1. The molecule has 0 spiro atoms. The van der Waals surface area contributed by atoms with Crippen molar-refractivity contribution in [3.8, 4) is 17.0 Å². The number of amides is 1. The van der Waals surface area contributed by atoms with Crippen LogP contribution < -0.4 is 10.1 Å². The molecule has 0 fully saturated rings. The highest BCUT2D eigenvalue weighted by Gasteiger charge is 2.16. The van der Waals surface area contributed by atoms with Gasteiger partial charge in [-0.1, -0.05) is 12.1 Å². The van der Waals surface area contributed by atoms with Crippen molar-refractivity contribution in [3.05, 3.63) is 72.4 Å². The number of hydrogen-bond acceptors (Lipinski definition) is 7. The lowest BCUT2D eigenvalue weighted by atomic mass is 10.1. The van der Waals surface area contributed by atoms with Crippen molar-refractivity contribution in [2.75, 3.05) is 18.5 Å². The minimum atomic E-state index is -1.01. The minimum Gasteiger partial charge on any atom is -0.490 e. The van der Waals surface area contributed by atoms with Gasteiger partial charge in [-0.2, -0.15) is 5.10 Å². The van der Waals surface area contributed by atoms with E-state index in [1.807, 2.05) is 0 Å². The van der Waals surface area contributed by atoms with E-state index >= 15 is 0 Å². The second-order valence-electron chi connectivity index (χ2n) is 6.59. The third-order valence-electron chi connectivity index (χ3n) is 4.37. The number of aromatic nitrogens is 4. The van der Waals surface area contributed by atoms with E-state index in [1.54, 1.807) is 36.4 Å². The van der Waals surface area contributed by atoms with Gasteiger partial charge in [0.1, 0.15) is 30.1 Å². The number of fused-ring (bicyclic) bond motifs is 1. The molecule has 1 unspecified atom stereocenters. The van der Waals surface area contributed by atoms with Crippen LogP contribution in [-0.4, -0.2) is 55.0 Å². The molecule has 0 aliphatic heterocycles. The molecule has 3 aromatic heterocycles. The third kappa shape index (κ3) is 4.49. The topological polar surface area (TPSA) is 122 Å². The Morgan fingerprint density at radius 3 is 2.74 bits per heavy atom. The van der Waals surface area contributed by atoms with Crippen LogP contribution in [0.3, 0.4) is 0 Å². The van der Waals surface area contributed by atoms with Gasteiger partial charge in [-0.25, -0.2) is 18.9 Å². The van der Waals surface area contributed by atoms with Crippen LogP contribution in [0.4, 0.5) is 10.2 Å². The number of carbonyl (C=O) groups is 1. The van der Waals surface area contributed by atoms with E-state index in [0.29, 0.717) is 22.7 Å². The first-order valence-electron chi connectivity index (χ1n) is 9.34. The SMILES string of the molecule is O=C(Nc1ccc(F)cn1)c1cnc2ccc(-c3ccccc3OCC(O)CO)nn12. The number of halogens is 1. The zero-order valence-corrected chi connectivity index (χ0v) is 16.1. The first-order chi connectivity index (χ1) is 15.0. The van der Waals surface area contributed by atoms with Crippen molar-refractivity contribution in [2.24, 2.45) is 0 Å². The molecular formula is C21H18FN5O4. The van der Waals surface area contributed by atoms with Gasteiger partial charge in [0.15, 0.2) is 11.3 Å². The van der Waals surface area contributed by atoms with Gasteiger partial charge in [-0.3, -0.25) is 4.79 Å². The summed E-state index contributed by atoms with van der Waals surface area (Å²) in [5.74, 6) is -0.361. The van der Waals surface area contributed by atoms with Crippen molar-refractivity contribution < 1.29 is 24.1 Å². The Bertz CT molecular complexity index is 1210. The summed E-state index contributed by atoms with van der Waals surface area (Å²) in [4.78, 5) is 20.7. The van der Waals surface area contributed by atoms with Crippen LogP contribution in [0.25, 0.3) is 16.9 Å². The molecule has 31 heavy (non-hydrogen) atoms. The second-order valence-corrected chi connectivity index (χ2v) is 6.59. The number of imidazole rings is 1. The summed E-state index contributed by atoms with van der Waals surface area (Å²) in [7, 11) is 0. The molecule has 1 aromatic carbocycles. The summed E-state index contributed by atoms with van der Waals surface area (Å²) in [6, 6.07) is 13.1. The molecule has 0 saturated carbocycles. The highest BCUT2D eigenvalue weighted by Crippen LogP contribution is 2.28. The highest BCUT2D eigenvalue weighted by atomic mass is 19.1. The number of anilines is 1. The lowest BCUT2D eigenvalue weighted by Gasteiger charge is -2.13. The Labute approximate surface area is 175 Å². The number of para-hydroxylation sites is 1. The molecule has 0 aliphatic rings. The number of hydrogen-bond donors (Lipinski definition) is 3. The van der Waals surface area contributed by atoms with E-state index in [0.717, 1.165) is 6.20 Å². The van der Waals surface area contributed by atoms with Crippen molar-refractivity contribution >= 4 is 17.4 Å². The third-order valence-corrected chi connectivity index (χ3v) is 4.37. The minimum absolute atomic E-state index is 0.0842. The number of ether oxygens (including phenoxy) is 1. The molecule has 3 N–H and O–H groups in total. The number of aliphatic hydroxyl groups is 2. The lowest BCUT2D eigenvalue weighted by molar-refractivity contribution is 0.0538. The molecule has 0 aliphatic carbocycles. The van der Waals surface area contributed by atoms with Gasteiger partial charge >= 0.3 is 0 Å². The molecule has 3 heterocycles. The van der Waals surface area contributed by atoms with Gasteiger partial charge in [0.2, 0.25) is 0 Å². The molecule has 4 rings (SSSR count). The maximum absolute atomic E-state index is 13.0. The second kappa shape index (κ2) is 8.86. The summed E-state index contributed by atoms with van der Waals surface area (Å²) in [6.07, 6.45) is 1.38. The average Bonchev–Trinajstić information content (AvgIpc) is 3.22. The van der Waals surface area contributed by atoms with E-state index in [9.17, 15) is 14.3 Å². The first kappa shape index (κ1) is 20.4. The molecule has 1 amide bonds. The summed E-state index contributed by atoms with van der Waals surface area (Å²) >= 11 is 0. The molecule has 0 bridgehead atoms. The van der Waals surface area contributed by atoms with E-state index < -0.39 is 24.4 Å². The van der Waals surface area contributed by atoms with Crippen molar-refractivity contribution in [1.82, 2.24) is 19.6 Å². The monoisotopic (exact) mass is 423 g/mol.